The van der Waals surface area contributed by atoms with Gasteiger partial charge in [-0.3, -0.25) is 4.57 Å². The van der Waals surface area contributed by atoms with Gasteiger partial charge in [-0.1, -0.05) is 48.5 Å². The number of nitrogens with zero attached hydrogens (tertiary/aromatic N) is 8. The second-order valence-corrected chi connectivity index (χ2v) is 10.3. The molecule has 0 saturated heterocycles. The van der Waals surface area contributed by atoms with Gasteiger partial charge in [0, 0.05) is 27.1 Å². The summed E-state index contributed by atoms with van der Waals surface area (Å²) < 4.78 is 4.05. The molecule has 0 amide bonds. The highest BCUT2D eigenvalue weighted by atomic mass is 15.2. The lowest BCUT2D eigenvalue weighted by molar-refractivity contribution is 0.929. The van der Waals surface area contributed by atoms with Crippen molar-refractivity contribution in [1.82, 2.24) is 24.1 Å². The van der Waals surface area contributed by atoms with Gasteiger partial charge in [-0.2, -0.15) is 30.7 Å². The van der Waals surface area contributed by atoms with E-state index in [2.05, 4.69) is 57.0 Å². The molecule has 202 valence electrons. The molecule has 8 rings (SSSR count). The van der Waals surface area contributed by atoms with Gasteiger partial charge < -0.3 is 4.57 Å². The summed E-state index contributed by atoms with van der Waals surface area (Å²) in [6.45, 7) is 0. The third-order valence-corrected chi connectivity index (χ3v) is 7.91. The number of rotatable bonds is 3. The smallest absolute Gasteiger partial charge is 0.239 e. The molecule has 0 fully saturated rings. The normalized spacial score (nSPS) is 11.1. The van der Waals surface area contributed by atoms with Crippen LogP contribution in [0.25, 0.3) is 66.6 Å². The number of aromatic nitrogens is 5. The maximum atomic E-state index is 10.0. The Hall–Kier alpha value is -6.82. The molecule has 5 aromatic carbocycles. The maximum Gasteiger partial charge on any atom is 0.239 e. The molecule has 0 aliphatic rings. The molecule has 0 unspecified atom stereocenters. The van der Waals surface area contributed by atoms with Crippen molar-refractivity contribution in [3.8, 4) is 41.2 Å². The number of benzene rings is 5. The Morgan fingerprint density at radius 2 is 1.02 bits per heavy atom. The number of hydrogen-bond acceptors (Lipinski definition) is 6. The molecule has 0 aliphatic carbocycles. The van der Waals surface area contributed by atoms with Crippen LogP contribution in [-0.2, 0) is 0 Å². The first-order chi connectivity index (χ1) is 21.7. The molecule has 0 saturated carbocycles. The number of fused-ring (bicyclic) bond motifs is 6. The molecule has 0 spiro atoms. The Kier molecular flexibility index (Phi) is 5.46. The van der Waals surface area contributed by atoms with Crippen molar-refractivity contribution in [2.75, 3.05) is 0 Å². The minimum atomic E-state index is -0.0284. The van der Waals surface area contributed by atoms with E-state index in [0.717, 1.165) is 54.9 Å². The van der Waals surface area contributed by atoms with E-state index < -0.39 is 0 Å². The Bertz CT molecular complexity index is 2480. The molecule has 3 aromatic heterocycles. The summed E-state index contributed by atoms with van der Waals surface area (Å²) in [5.41, 5.74) is 6.15. The van der Waals surface area contributed by atoms with Crippen LogP contribution >= 0.6 is 0 Å². The Balaban J connectivity index is 1.42. The molecule has 0 N–H and O–H groups in total. The van der Waals surface area contributed by atoms with Crippen LogP contribution in [0.1, 0.15) is 17.0 Å². The molecule has 8 nitrogen and oxygen atoms in total. The van der Waals surface area contributed by atoms with E-state index in [0.29, 0.717) is 17.0 Å². The highest BCUT2D eigenvalue weighted by molar-refractivity contribution is 6.10. The fourth-order valence-corrected chi connectivity index (χ4v) is 6.05. The van der Waals surface area contributed by atoms with Gasteiger partial charge in [0.1, 0.15) is 6.07 Å². The largest absolute Gasteiger partial charge is 0.309 e. The van der Waals surface area contributed by atoms with E-state index in [1.54, 1.807) is 24.3 Å². The van der Waals surface area contributed by atoms with E-state index in [9.17, 15) is 15.8 Å². The molecule has 8 heteroatoms. The first kappa shape index (κ1) is 24.9. The summed E-state index contributed by atoms with van der Waals surface area (Å²) in [4.78, 5) is 14.1. The first-order valence-corrected chi connectivity index (χ1v) is 13.8. The highest BCUT2D eigenvalue weighted by Gasteiger charge is 2.21. The number of nitriles is 3. The zero-order valence-electron chi connectivity index (χ0n) is 23.0. The van der Waals surface area contributed by atoms with Crippen molar-refractivity contribution in [2.24, 2.45) is 0 Å². The summed E-state index contributed by atoms with van der Waals surface area (Å²) in [6.07, 6.45) is 0. The lowest BCUT2D eigenvalue weighted by atomic mass is 10.1. The summed E-state index contributed by atoms with van der Waals surface area (Å²) in [5, 5.41) is 33.0. The van der Waals surface area contributed by atoms with E-state index in [4.69, 9.17) is 4.98 Å². The monoisotopic (exact) mass is 562 g/mol. The number of hydrogen-bond donors (Lipinski definition) is 0. The second-order valence-electron chi connectivity index (χ2n) is 10.3. The lowest BCUT2D eigenvalue weighted by Gasteiger charge is -2.14. The van der Waals surface area contributed by atoms with Crippen LogP contribution in [0.3, 0.4) is 0 Å². The van der Waals surface area contributed by atoms with Crippen molar-refractivity contribution >= 4 is 43.6 Å². The average molecular weight is 563 g/mol. The molecule has 3 heterocycles. The molecule has 0 aliphatic heterocycles. The summed E-state index contributed by atoms with van der Waals surface area (Å²) >= 11 is 0. The zero-order chi connectivity index (χ0) is 29.8. The van der Waals surface area contributed by atoms with Crippen molar-refractivity contribution in [3.05, 3.63) is 126 Å². The standard InChI is InChI=1S/C36H18N8/c37-19-22-13-15-32-27(17-22)28-18-23(20-38)14-16-33(28)44(32)36-41-34(21-39)40-35(42-36)26-9-3-6-12-31(26)43-29-10-4-1-7-24(29)25-8-2-5-11-30(25)43/h1-18H. The van der Waals surface area contributed by atoms with Crippen LogP contribution in [0.15, 0.2) is 109 Å². The van der Waals surface area contributed by atoms with Gasteiger partial charge in [0.15, 0.2) is 5.82 Å². The summed E-state index contributed by atoms with van der Waals surface area (Å²) in [7, 11) is 0. The van der Waals surface area contributed by atoms with Crippen LogP contribution in [-0.4, -0.2) is 24.1 Å². The molecule has 0 atom stereocenters. The summed E-state index contributed by atoms with van der Waals surface area (Å²) in [6, 6.07) is 41.6. The van der Waals surface area contributed by atoms with Gasteiger partial charge in [-0.15, -0.1) is 0 Å². The van der Waals surface area contributed by atoms with Crippen LogP contribution < -0.4 is 0 Å². The van der Waals surface area contributed by atoms with Gasteiger partial charge in [0.25, 0.3) is 0 Å². The lowest BCUT2D eigenvalue weighted by Crippen LogP contribution is -2.08. The molecule has 44 heavy (non-hydrogen) atoms. The van der Waals surface area contributed by atoms with Crippen LogP contribution in [0.2, 0.25) is 0 Å². The predicted molar refractivity (Wildman–Crippen MR) is 168 cm³/mol. The highest BCUT2D eigenvalue weighted by Crippen LogP contribution is 2.36. The fraction of sp³-hybridized carbons (Fsp3) is 0. The second kappa shape index (κ2) is 9.63. The van der Waals surface area contributed by atoms with Crippen LogP contribution in [0.5, 0.6) is 0 Å². The van der Waals surface area contributed by atoms with E-state index >= 15 is 0 Å². The molecular weight excluding hydrogens is 544 g/mol. The van der Waals surface area contributed by atoms with Gasteiger partial charge in [-0.25, -0.2) is 0 Å². The van der Waals surface area contributed by atoms with Crippen molar-refractivity contribution in [2.45, 2.75) is 0 Å². The minimum Gasteiger partial charge on any atom is -0.309 e. The Labute approximate surface area is 250 Å². The average Bonchev–Trinajstić information content (AvgIpc) is 3.60. The third-order valence-electron chi connectivity index (χ3n) is 7.91. The van der Waals surface area contributed by atoms with E-state index in [1.165, 1.54) is 0 Å². The fourth-order valence-electron chi connectivity index (χ4n) is 6.05. The third kappa shape index (κ3) is 3.65. The van der Waals surface area contributed by atoms with Crippen LogP contribution in [0.4, 0.5) is 0 Å². The van der Waals surface area contributed by atoms with Gasteiger partial charge in [0.05, 0.1) is 51.0 Å². The molecule has 0 radical (unpaired) electrons. The van der Waals surface area contributed by atoms with Crippen molar-refractivity contribution in [3.63, 3.8) is 0 Å². The maximum absolute atomic E-state index is 10.0. The Morgan fingerprint density at radius 3 is 1.61 bits per heavy atom. The number of para-hydroxylation sites is 3. The van der Waals surface area contributed by atoms with Crippen molar-refractivity contribution in [1.29, 1.82) is 15.8 Å². The molecular formula is C36H18N8. The van der Waals surface area contributed by atoms with Gasteiger partial charge in [0.2, 0.25) is 11.8 Å². The Morgan fingerprint density at radius 1 is 0.477 bits per heavy atom. The van der Waals surface area contributed by atoms with Crippen molar-refractivity contribution < 1.29 is 0 Å². The first-order valence-electron chi connectivity index (χ1n) is 13.8. The SMILES string of the molecule is N#Cc1ccc2c(c1)c1cc(C#N)ccc1n2-c1nc(C#N)nc(-c2ccccc2-n2c3ccccc3c3ccccc32)n1. The minimum absolute atomic E-state index is 0.0284. The molecule has 0 bridgehead atoms. The van der Waals surface area contributed by atoms with Crippen LogP contribution in [0, 0.1) is 34.0 Å². The van der Waals surface area contributed by atoms with E-state index in [-0.39, 0.29) is 11.8 Å². The van der Waals surface area contributed by atoms with E-state index in [1.807, 2.05) is 65.2 Å². The van der Waals surface area contributed by atoms with Gasteiger partial charge in [-0.05, 0) is 60.7 Å². The predicted octanol–water partition coefficient (Wildman–Crippen LogP) is 7.35. The quantitative estimate of drug-likeness (QED) is 0.222. The summed E-state index contributed by atoms with van der Waals surface area (Å²) in [5.74, 6) is 0.582. The molecule has 8 aromatic rings. The van der Waals surface area contributed by atoms with Gasteiger partial charge >= 0.3 is 0 Å². The topological polar surface area (TPSA) is 120 Å². The zero-order valence-corrected chi connectivity index (χ0v) is 23.0.